The molecule has 3 nitrogen and oxygen atoms in total. The Hall–Kier alpha value is -1.34. The Labute approximate surface area is 108 Å². The summed E-state index contributed by atoms with van der Waals surface area (Å²) in [5.74, 6) is -2.24. The van der Waals surface area contributed by atoms with Crippen LogP contribution in [0.3, 0.4) is 0 Å². The first-order chi connectivity index (χ1) is 8.08. The van der Waals surface area contributed by atoms with E-state index in [2.05, 4.69) is 26.2 Å². The first kappa shape index (κ1) is 12.1. The largest absolute Gasteiger partial charge is 0.316 e. The second kappa shape index (κ2) is 4.89. The van der Waals surface area contributed by atoms with Crippen molar-refractivity contribution in [1.82, 2.24) is 4.98 Å². The molecule has 0 aliphatic heterocycles. The van der Waals surface area contributed by atoms with Crippen LogP contribution < -0.4 is 5.32 Å². The smallest absolute Gasteiger partial charge is 0.267 e. The number of hydrogen-bond donors (Lipinski definition) is 1. The number of hydrogen-bond acceptors (Lipinski definition) is 3. The van der Waals surface area contributed by atoms with E-state index in [1.165, 1.54) is 12.3 Å². The lowest BCUT2D eigenvalue weighted by atomic mass is 10.3. The zero-order chi connectivity index (χ0) is 12.4. The number of carbonyl (C=O) groups is 1. The molecule has 88 valence electrons. The molecule has 1 N–H and O–H groups in total. The van der Waals surface area contributed by atoms with Gasteiger partial charge in [-0.05, 0) is 28.1 Å². The predicted molar refractivity (Wildman–Crippen MR) is 64.1 cm³/mol. The van der Waals surface area contributed by atoms with Crippen LogP contribution in [0.15, 0.2) is 28.3 Å². The van der Waals surface area contributed by atoms with Gasteiger partial charge in [0.15, 0.2) is 3.92 Å². The number of benzene rings is 1. The molecule has 0 bridgehead atoms. The van der Waals surface area contributed by atoms with Crippen molar-refractivity contribution in [3.8, 4) is 0 Å². The molecule has 0 aliphatic rings. The third kappa shape index (κ3) is 2.67. The minimum atomic E-state index is -0.818. The molecule has 0 spiro atoms. The van der Waals surface area contributed by atoms with Gasteiger partial charge in [-0.25, -0.2) is 13.8 Å². The van der Waals surface area contributed by atoms with E-state index in [4.69, 9.17) is 0 Å². The average molecular weight is 319 g/mol. The Balaban J connectivity index is 2.24. The van der Waals surface area contributed by atoms with E-state index in [9.17, 15) is 13.6 Å². The fraction of sp³-hybridized carbons (Fsp3) is 0. The zero-order valence-electron chi connectivity index (χ0n) is 8.21. The summed E-state index contributed by atoms with van der Waals surface area (Å²) in [6, 6.07) is 3.37. The van der Waals surface area contributed by atoms with E-state index in [1.54, 1.807) is 0 Å². The molecular weight excluding hydrogens is 314 g/mol. The number of nitrogens with one attached hydrogen (secondary N) is 1. The molecule has 2 aromatic rings. The molecule has 7 heteroatoms. The Morgan fingerprint density at radius 2 is 2.00 bits per heavy atom. The molecule has 0 fully saturated rings. The summed E-state index contributed by atoms with van der Waals surface area (Å²) in [7, 11) is 0. The van der Waals surface area contributed by atoms with Crippen LogP contribution in [0.25, 0.3) is 0 Å². The van der Waals surface area contributed by atoms with Crippen molar-refractivity contribution in [2.75, 3.05) is 5.32 Å². The maximum atomic E-state index is 13.3. The molecule has 17 heavy (non-hydrogen) atoms. The van der Waals surface area contributed by atoms with Gasteiger partial charge in [0.1, 0.15) is 22.2 Å². The summed E-state index contributed by atoms with van der Waals surface area (Å²) in [4.78, 5) is 15.7. The van der Waals surface area contributed by atoms with Gasteiger partial charge >= 0.3 is 0 Å². The van der Waals surface area contributed by atoms with Gasteiger partial charge in [0.2, 0.25) is 0 Å². The normalized spacial score (nSPS) is 10.3. The standard InChI is InChI=1S/C10H5BrF2N2OS/c11-10-14-4-7(17-10)9(16)15-8-5(12)2-1-3-6(8)13/h1-4H,(H,15,16). The van der Waals surface area contributed by atoms with Crippen molar-refractivity contribution < 1.29 is 13.6 Å². The number of carbonyl (C=O) groups excluding carboxylic acids is 1. The van der Waals surface area contributed by atoms with Gasteiger partial charge in [-0.2, -0.15) is 0 Å². The fourth-order valence-electron chi connectivity index (χ4n) is 1.15. The highest BCUT2D eigenvalue weighted by molar-refractivity contribution is 9.11. The Morgan fingerprint density at radius 1 is 1.35 bits per heavy atom. The van der Waals surface area contributed by atoms with Gasteiger partial charge in [0, 0.05) is 0 Å². The van der Waals surface area contributed by atoms with Gasteiger partial charge in [0.05, 0.1) is 6.20 Å². The van der Waals surface area contributed by atoms with Crippen molar-refractivity contribution >= 4 is 38.9 Å². The quantitative estimate of drug-likeness (QED) is 0.921. The van der Waals surface area contributed by atoms with Crippen LogP contribution in [-0.2, 0) is 0 Å². The molecule has 1 aromatic carbocycles. The summed E-state index contributed by atoms with van der Waals surface area (Å²) >= 11 is 4.17. The molecule has 1 amide bonds. The third-order valence-corrected chi connectivity index (χ3v) is 3.38. The summed E-state index contributed by atoms with van der Waals surface area (Å²) in [6.07, 6.45) is 1.32. The number of para-hydroxylation sites is 1. The van der Waals surface area contributed by atoms with Gasteiger partial charge in [0.25, 0.3) is 5.91 Å². The van der Waals surface area contributed by atoms with Crippen molar-refractivity contribution in [2.45, 2.75) is 0 Å². The van der Waals surface area contributed by atoms with E-state index in [0.717, 1.165) is 23.5 Å². The van der Waals surface area contributed by atoms with Crippen molar-refractivity contribution in [1.29, 1.82) is 0 Å². The zero-order valence-corrected chi connectivity index (χ0v) is 10.6. The Morgan fingerprint density at radius 3 is 2.53 bits per heavy atom. The minimum absolute atomic E-state index is 0.263. The van der Waals surface area contributed by atoms with E-state index in [1.807, 2.05) is 0 Å². The van der Waals surface area contributed by atoms with E-state index < -0.39 is 23.2 Å². The highest BCUT2D eigenvalue weighted by Gasteiger charge is 2.15. The number of amides is 1. The lowest BCUT2D eigenvalue weighted by molar-refractivity contribution is 0.102. The highest BCUT2D eigenvalue weighted by Crippen LogP contribution is 2.22. The van der Waals surface area contributed by atoms with Gasteiger partial charge in [-0.1, -0.05) is 6.07 Å². The molecule has 0 atom stereocenters. The van der Waals surface area contributed by atoms with E-state index in [0.29, 0.717) is 3.92 Å². The maximum absolute atomic E-state index is 13.3. The first-order valence-corrected chi connectivity index (χ1v) is 6.05. The van der Waals surface area contributed by atoms with Crippen LogP contribution in [0.1, 0.15) is 9.67 Å². The highest BCUT2D eigenvalue weighted by atomic mass is 79.9. The van der Waals surface area contributed by atoms with Crippen molar-refractivity contribution in [3.63, 3.8) is 0 Å². The fourth-order valence-corrected chi connectivity index (χ4v) is 2.31. The molecule has 0 saturated heterocycles. The molecule has 0 unspecified atom stereocenters. The molecule has 1 aromatic heterocycles. The number of aromatic nitrogens is 1. The summed E-state index contributed by atoms with van der Waals surface area (Å²) < 4.78 is 27.0. The second-order valence-corrected chi connectivity index (χ2v) is 5.33. The second-order valence-electron chi connectivity index (χ2n) is 3.03. The Kier molecular flexibility index (Phi) is 3.49. The van der Waals surface area contributed by atoms with Crippen LogP contribution in [-0.4, -0.2) is 10.9 Å². The van der Waals surface area contributed by atoms with E-state index >= 15 is 0 Å². The number of halogens is 3. The molecule has 0 saturated carbocycles. The molecular formula is C10H5BrF2N2OS. The molecule has 1 heterocycles. The lowest BCUT2D eigenvalue weighted by Crippen LogP contribution is -2.12. The maximum Gasteiger partial charge on any atom is 0.267 e. The minimum Gasteiger partial charge on any atom is -0.316 e. The lowest BCUT2D eigenvalue weighted by Gasteiger charge is -2.05. The van der Waals surface area contributed by atoms with Gasteiger partial charge in [-0.15, -0.1) is 11.3 Å². The SMILES string of the molecule is O=C(Nc1c(F)cccc1F)c1cnc(Br)s1. The van der Waals surface area contributed by atoms with Crippen LogP contribution in [0, 0.1) is 11.6 Å². The number of thiazole rings is 1. The first-order valence-electron chi connectivity index (χ1n) is 4.44. The molecule has 0 aliphatic carbocycles. The third-order valence-electron chi connectivity index (χ3n) is 1.90. The Bertz CT molecular complexity index is 553. The monoisotopic (exact) mass is 318 g/mol. The summed E-state index contributed by atoms with van der Waals surface area (Å²) in [5, 5.41) is 2.17. The number of rotatable bonds is 2. The van der Waals surface area contributed by atoms with E-state index in [-0.39, 0.29) is 4.88 Å². The average Bonchev–Trinajstić information content (AvgIpc) is 2.70. The van der Waals surface area contributed by atoms with Crippen LogP contribution in [0.5, 0.6) is 0 Å². The van der Waals surface area contributed by atoms with Gasteiger partial charge in [-0.3, -0.25) is 4.79 Å². The summed E-state index contributed by atoms with van der Waals surface area (Å²) in [6.45, 7) is 0. The number of anilines is 1. The van der Waals surface area contributed by atoms with Crippen molar-refractivity contribution in [3.05, 3.63) is 44.8 Å². The molecule has 0 radical (unpaired) electrons. The van der Waals surface area contributed by atoms with Crippen LogP contribution in [0.4, 0.5) is 14.5 Å². The summed E-state index contributed by atoms with van der Waals surface area (Å²) in [5.41, 5.74) is -0.456. The molecule has 2 rings (SSSR count). The predicted octanol–water partition coefficient (Wildman–Crippen LogP) is 3.44. The topological polar surface area (TPSA) is 42.0 Å². The number of nitrogens with zero attached hydrogens (tertiary/aromatic N) is 1. The van der Waals surface area contributed by atoms with Crippen LogP contribution in [0.2, 0.25) is 0 Å². The van der Waals surface area contributed by atoms with Crippen LogP contribution >= 0.6 is 27.3 Å². The van der Waals surface area contributed by atoms with Crippen molar-refractivity contribution in [2.24, 2.45) is 0 Å². The van der Waals surface area contributed by atoms with Gasteiger partial charge < -0.3 is 5.32 Å².